The van der Waals surface area contributed by atoms with Gasteiger partial charge in [0.1, 0.15) is 11.9 Å². The van der Waals surface area contributed by atoms with Gasteiger partial charge in [0.05, 0.1) is 0 Å². The van der Waals surface area contributed by atoms with E-state index in [-0.39, 0.29) is 23.8 Å². The molecule has 0 aliphatic carbocycles. The van der Waals surface area contributed by atoms with E-state index in [9.17, 15) is 4.79 Å². The quantitative estimate of drug-likeness (QED) is 0.848. The Hall–Kier alpha value is -2.42. The maximum absolute atomic E-state index is 12.6. The van der Waals surface area contributed by atoms with Gasteiger partial charge in [0.15, 0.2) is 0 Å². The van der Waals surface area contributed by atoms with Gasteiger partial charge in [0.25, 0.3) is 5.91 Å². The van der Waals surface area contributed by atoms with Crippen LogP contribution in [0.4, 0.5) is 0 Å². The maximum Gasteiger partial charge on any atom is 0.250 e. The Bertz CT molecular complexity index is 709. The Kier molecular flexibility index (Phi) is 5.09. The number of carbonyl (C=O) groups excluding carboxylic acids is 1. The van der Waals surface area contributed by atoms with E-state index in [1.54, 1.807) is 0 Å². The van der Waals surface area contributed by atoms with Crippen molar-refractivity contribution in [1.29, 1.82) is 0 Å². The van der Waals surface area contributed by atoms with Crippen LogP contribution in [0.1, 0.15) is 49.7 Å². The van der Waals surface area contributed by atoms with Gasteiger partial charge in [-0.2, -0.15) is 0 Å². The van der Waals surface area contributed by atoms with Crippen LogP contribution in [0.15, 0.2) is 65.7 Å². The molecule has 0 fully saturated rings. The molecule has 2 aromatic carbocycles. The average Bonchev–Trinajstić information content (AvgIpc) is 2.99. The Balaban J connectivity index is 1.89. The maximum atomic E-state index is 12.6. The van der Waals surface area contributed by atoms with Crippen molar-refractivity contribution in [2.45, 2.75) is 44.6 Å². The largest absolute Gasteiger partial charge is 0.312 e. The van der Waals surface area contributed by atoms with Crippen molar-refractivity contribution in [3.05, 3.63) is 71.8 Å². The molecule has 1 aliphatic rings. The van der Waals surface area contributed by atoms with Crippen LogP contribution >= 0.6 is 0 Å². The minimum atomic E-state index is -0.329. The van der Waals surface area contributed by atoms with Crippen molar-refractivity contribution in [2.24, 2.45) is 4.99 Å². The number of benzene rings is 2. The van der Waals surface area contributed by atoms with Crippen LogP contribution in [0.25, 0.3) is 0 Å². The smallest absolute Gasteiger partial charge is 0.250 e. The second-order valence-electron chi connectivity index (χ2n) is 6.25. The van der Waals surface area contributed by atoms with Crippen LogP contribution in [-0.4, -0.2) is 17.8 Å². The predicted octanol–water partition coefficient (Wildman–Crippen LogP) is 4.27. The first-order chi connectivity index (χ1) is 11.7. The number of carbonyl (C=O) groups is 1. The standard InChI is InChI=1S/C21H24N2O/c1-3-17(15-11-7-5-8-12-15)19-21(24)23-20(22-19)18(4-2)16-13-9-6-10-14-16/h5-14,17-19H,3-4H2,1-2H3,(H,22,23,24). The third-order valence-corrected chi connectivity index (χ3v) is 4.79. The Labute approximate surface area is 143 Å². The van der Waals surface area contributed by atoms with Crippen LogP contribution in [0.2, 0.25) is 0 Å². The lowest BCUT2D eigenvalue weighted by Crippen LogP contribution is -2.34. The van der Waals surface area contributed by atoms with E-state index in [4.69, 9.17) is 4.99 Å². The Morgan fingerprint density at radius 1 is 0.917 bits per heavy atom. The van der Waals surface area contributed by atoms with Gasteiger partial charge in [-0.3, -0.25) is 9.79 Å². The summed E-state index contributed by atoms with van der Waals surface area (Å²) in [5, 5.41) is 3.05. The molecule has 1 aliphatic heterocycles. The summed E-state index contributed by atoms with van der Waals surface area (Å²) < 4.78 is 0. The second kappa shape index (κ2) is 7.43. The molecule has 3 unspecified atom stereocenters. The van der Waals surface area contributed by atoms with Gasteiger partial charge >= 0.3 is 0 Å². The minimum Gasteiger partial charge on any atom is -0.312 e. The Morgan fingerprint density at radius 2 is 1.50 bits per heavy atom. The topological polar surface area (TPSA) is 41.5 Å². The van der Waals surface area contributed by atoms with E-state index < -0.39 is 0 Å². The van der Waals surface area contributed by atoms with Crippen LogP contribution in [0.5, 0.6) is 0 Å². The molecule has 3 nitrogen and oxygen atoms in total. The predicted molar refractivity (Wildman–Crippen MR) is 98.3 cm³/mol. The summed E-state index contributed by atoms with van der Waals surface area (Å²) in [5.41, 5.74) is 2.38. The molecule has 0 bridgehead atoms. The summed E-state index contributed by atoms with van der Waals surface area (Å²) in [5.74, 6) is 1.11. The summed E-state index contributed by atoms with van der Waals surface area (Å²) in [6, 6.07) is 20.2. The number of nitrogens with zero attached hydrogens (tertiary/aromatic N) is 1. The summed E-state index contributed by atoms with van der Waals surface area (Å²) >= 11 is 0. The number of hydrogen-bond acceptors (Lipinski definition) is 2. The number of aliphatic imine (C=N–C) groups is 1. The SMILES string of the molecule is CCC(C1=NC(C(CC)c2ccccc2)C(=O)N1)c1ccccc1. The molecular weight excluding hydrogens is 296 g/mol. The van der Waals surface area contributed by atoms with Crippen LogP contribution in [0, 0.1) is 0 Å². The van der Waals surface area contributed by atoms with E-state index in [1.165, 1.54) is 11.1 Å². The molecule has 124 valence electrons. The zero-order chi connectivity index (χ0) is 16.9. The molecule has 0 radical (unpaired) electrons. The van der Waals surface area contributed by atoms with Crippen molar-refractivity contribution in [2.75, 3.05) is 0 Å². The molecule has 2 aromatic rings. The zero-order valence-electron chi connectivity index (χ0n) is 14.3. The summed E-state index contributed by atoms with van der Waals surface area (Å²) in [6.45, 7) is 4.25. The molecule has 3 rings (SSSR count). The summed E-state index contributed by atoms with van der Waals surface area (Å²) in [4.78, 5) is 17.4. The molecule has 3 atom stereocenters. The van der Waals surface area contributed by atoms with Gasteiger partial charge in [-0.05, 0) is 24.0 Å². The van der Waals surface area contributed by atoms with E-state index in [2.05, 4.69) is 43.4 Å². The highest BCUT2D eigenvalue weighted by Crippen LogP contribution is 2.30. The lowest BCUT2D eigenvalue weighted by Gasteiger charge is -2.18. The number of hydrogen-bond donors (Lipinski definition) is 1. The van der Waals surface area contributed by atoms with Gasteiger partial charge < -0.3 is 5.32 Å². The van der Waals surface area contributed by atoms with Crippen LogP contribution < -0.4 is 5.32 Å². The molecular formula is C21H24N2O. The number of nitrogens with one attached hydrogen (secondary N) is 1. The minimum absolute atomic E-state index is 0.0232. The average molecular weight is 320 g/mol. The van der Waals surface area contributed by atoms with Gasteiger partial charge in [-0.15, -0.1) is 0 Å². The molecule has 24 heavy (non-hydrogen) atoms. The number of rotatable bonds is 6. The first-order valence-corrected chi connectivity index (χ1v) is 8.73. The number of amides is 1. The van der Waals surface area contributed by atoms with Gasteiger partial charge in [0, 0.05) is 11.8 Å². The van der Waals surface area contributed by atoms with Crippen molar-refractivity contribution in [1.82, 2.24) is 5.32 Å². The van der Waals surface area contributed by atoms with E-state index in [0.29, 0.717) is 0 Å². The highest BCUT2D eigenvalue weighted by Gasteiger charge is 2.35. The third-order valence-electron chi connectivity index (χ3n) is 4.79. The first kappa shape index (κ1) is 16.4. The van der Waals surface area contributed by atoms with Crippen molar-refractivity contribution in [3.8, 4) is 0 Å². The molecule has 0 saturated heterocycles. The summed E-state index contributed by atoms with van der Waals surface area (Å²) in [6.07, 6.45) is 1.80. The van der Waals surface area contributed by atoms with Crippen LogP contribution in [0.3, 0.4) is 0 Å². The fourth-order valence-corrected chi connectivity index (χ4v) is 3.50. The van der Waals surface area contributed by atoms with E-state index in [1.807, 2.05) is 36.4 Å². The first-order valence-electron chi connectivity index (χ1n) is 8.73. The van der Waals surface area contributed by atoms with Gasteiger partial charge in [0.2, 0.25) is 0 Å². The number of amidine groups is 1. The third kappa shape index (κ3) is 3.25. The monoisotopic (exact) mass is 320 g/mol. The lowest BCUT2D eigenvalue weighted by molar-refractivity contribution is -0.120. The zero-order valence-corrected chi connectivity index (χ0v) is 14.3. The van der Waals surface area contributed by atoms with Gasteiger partial charge in [-0.25, -0.2) is 0 Å². The molecule has 1 N–H and O–H groups in total. The highest BCUT2D eigenvalue weighted by atomic mass is 16.2. The lowest BCUT2D eigenvalue weighted by atomic mass is 9.89. The van der Waals surface area contributed by atoms with Crippen molar-refractivity contribution in [3.63, 3.8) is 0 Å². The van der Waals surface area contributed by atoms with Crippen LogP contribution in [-0.2, 0) is 4.79 Å². The fraction of sp³-hybridized carbons (Fsp3) is 0.333. The second-order valence-corrected chi connectivity index (χ2v) is 6.25. The van der Waals surface area contributed by atoms with E-state index >= 15 is 0 Å². The molecule has 0 spiro atoms. The van der Waals surface area contributed by atoms with Crippen molar-refractivity contribution >= 4 is 11.7 Å². The van der Waals surface area contributed by atoms with Gasteiger partial charge in [-0.1, -0.05) is 74.5 Å². The molecule has 0 aromatic heterocycles. The van der Waals surface area contributed by atoms with Crippen molar-refractivity contribution < 1.29 is 4.79 Å². The Morgan fingerprint density at radius 3 is 2.04 bits per heavy atom. The molecule has 1 amide bonds. The molecule has 3 heteroatoms. The normalized spacial score (nSPS) is 19.5. The highest BCUT2D eigenvalue weighted by molar-refractivity contribution is 6.08. The fourth-order valence-electron chi connectivity index (χ4n) is 3.50. The van der Waals surface area contributed by atoms with E-state index in [0.717, 1.165) is 18.7 Å². The molecule has 0 saturated carbocycles. The molecule has 1 heterocycles. The summed E-state index contributed by atoms with van der Waals surface area (Å²) in [7, 11) is 0.